The van der Waals surface area contributed by atoms with Crippen LogP contribution >= 0.6 is 0 Å². The lowest BCUT2D eigenvalue weighted by Crippen LogP contribution is -2.48. The number of halogens is 3. The summed E-state index contributed by atoms with van der Waals surface area (Å²) in [4.78, 5) is 22.1. The van der Waals surface area contributed by atoms with Crippen molar-refractivity contribution in [1.82, 2.24) is 19.5 Å². The molecule has 1 fully saturated rings. The Morgan fingerprint density at radius 1 is 0.974 bits per heavy atom. The van der Waals surface area contributed by atoms with Crippen LogP contribution < -0.4 is 4.90 Å². The highest BCUT2D eigenvalue weighted by Crippen LogP contribution is 2.32. The number of carbonyl (C=O) groups is 1. The first-order chi connectivity index (χ1) is 18.7. The highest BCUT2D eigenvalue weighted by Gasteiger charge is 2.32. The molecule has 2 aromatic carbocycles. The zero-order valence-electron chi connectivity index (χ0n) is 22.4. The fourth-order valence-corrected chi connectivity index (χ4v) is 5.27. The van der Waals surface area contributed by atoms with Crippen LogP contribution in [0.5, 0.6) is 0 Å². The topological polar surface area (TPSA) is 53.7 Å². The molecule has 0 aliphatic carbocycles. The number of hydrogen-bond donors (Lipinski definition) is 0. The molecule has 0 N–H and O–H groups in total. The molecular weight excluding hydrogens is 503 g/mol. The predicted octanol–water partition coefficient (Wildman–Crippen LogP) is 5.73. The summed E-state index contributed by atoms with van der Waals surface area (Å²) >= 11 is 0. The van der Waals surface area contributed by atoms with Gasteiger partial charge in [0.2, 0.25) is 0 Å². The average Bonchev–Trinajstić information content (AvgIpc) is 3.36. The summed E-state index contributed by atoms with van der Waals surface area (Å²) in [5.74, 6) is -0.156. The van der Waals surface area contributed by atoms with Crippen molar-refractivity contribution < 1.29 is 18.0 Å². The Morgan fingerprint density at radius 2 is 1.69 bits per heavy atom. The van der Waals surface area contributed by atoms with Gasteiger partial charge in [-0.05, 0) is 49.1 Å². The molecule has 39 heavy (non-hydrogen) atoms. The molecule has 0 bridgehead atoms. The number of rotatable bonds is 6. The van der Waals surface area contributed by atoms with E-state index in [1.165, 1.54) is 23.3 Å². The molecule has 1 aliphatic heterocycles. The van der Waals surface area contributed by atoms with E-state index in [1.54, 1.807) is 21.7 Å². The largest absolute Gasteiger partial charge is 0.416 e. The van der Waals surface area contributed by atoms with Crippen molar-refractivity contribution >= 4 is 17.2 Å². The van der Waals surface area contributed by atoms with Crippen molar-refractivity contribution in [3.63, 3.8) is 0 Å². The maximum atomic E-state index is 13.6. The number of hydrogen-bond acceptors (Lipinski definition) is 4. The number of carbonyl (C=O) groups excluding carboxylic acids is 1. The number of aromatic nitrogens is 3. The third-order valence-electron chi connectivity index (χ3n) is 7.44. The van der Waals surface area contributed by atoms with Crippen LogP contribution in [0, 0.1) is 6.92 Å². The van der Waals surface area contributed by atoms with Crippen LogP contribution in [0.3, 0.4) is 0 Å². The van der Waals surface area contributed by atoms with Crippen LogP contribution in [-0.4, -0.2) is 51.6 Å². The smallest absolute Gasteiger partial charge is 0.368 e. The first-order valence-electron chi connectivity index (χ1n) is 13.3. The van der Waals surface area contributed by atoms with Gasteiger partial charge in [0.15, 0.2) is 5.65 Å². The van der Waals surface area contributed by atoms with Gasteiger partial charge < -0.3 is 9.80 Å². The molecule has 2 aromatic heterocycles. The van der Waals surface area contributed by atoms with E-state index in [0.29, 0.717) is 43.1 Å². The van der Waals surface area contributed by atoms with E-state index in [2.05, 4.69) is 50.1 Å². The average molecular weight is 536 g/mol. The number of piperazine rings is 1. The van der Waals surface area contributed by atoms with Gasteiger partial charge >= 0.3 is 6.18 Å². The van der Waals surface area contributed by atoms with E-state index >= 15 is 0 Å². The number of nitrogens with zero attached hydrogens (tertiary/aromatic N) is 5. The number of fused-ring (bicyclic) bond motifs is 1. The summed E-state index contributed by atoms with van der Waals surface area (Å²) in [6.45, 7) is 7.92. The predicted molar refractivity (Wildman–Crippen MR) is 145 cm³/mol. The van der Waals surface area contributed by atoms with Gasteiger partial charge in [-0.25, -0.2) is 9.50 Å². The summed E-state index contributed by atoms with van der Waals surface area (Å²) in [5.41, 5.74) is 6.42. The minimum atomic E-state index is -4.39. The molecule has 204 valence electrons. The maximum Gasteiger partial charge on any atom is 0.416 e. The normalized spacial score (nSPS) is 14.3. The van der Waals surface area contributed by atoms with Crippen molar-refractivity contribution in [3.05, 3.63) is 93.9 Å². The van der Waals surface area contributed by atoms with Crippen molar-refractivity contribution in [3.8, 4) is 0 Å². The molecule has 0 radical (unpaired) electrons. The minimum absolute atomic E-state index is 0.156. The number of anilines is 1. The second-order valence-corrected chi connectivity index (χ2v) is 9.97. The SMILES string of the molecule is CCc1nc2c(C(=O)N3CCN(c4cccc(C(F)(F)F)c4)CC3)cnn2c(CC)c1Cc1ccc(C)cc1. The Bertz CT molecular complexity index is 1490. The molecule has 1 amide bonds. The van der Waals surface area contributed by atoms with E-state index < -0.39 is 11.7 Å². The van der Waals surface area contributed by atoms with Crippen molar-refractivity contribution in [2.24, 2.45) is 0 Å². The second kappa shape index (κ2) is 10.7. The number of benzene rings is 2. The van der Waals surface area contributed by atoms with E-state index in [9.17, 15) is 18.0 Å². The number of aryl methyl sites for hydroxylation is 3. The Morgan fingerprint density at radius 3 is 2.33 bits per heavy atom. The van der Waals surface area contributed by atoms with Crippen LogP contribution in [0.2, 0.25) is 0 Å². The molecule has 3 heterocycles. The first-order valence-corrected chi connectivity index (χ1v) is 13.3. The van der Waals surface area contributed by atoms with Crippen molar-refractivity contribution in [2.45, 2.75) is 46.2 Å². The molecule has 6 nitrogen and oxygen atoms in total. The molecule has 0 spiro atoms. The first kappa shape index (κ1) is 26.7. The van der Waals surface area contributed by atoms with Gasteiger partial charge in [-0.1, -0.05) is 49.7 Å². The zero-order valence-corrected chi connectivity index (χ0v) is 22.4. The summed E-state index contributed by atoms with van der Waals surface area (Å²) in [7, 11) is 0. The third-order valence-corrected chi connectivity index (χ3v) is 7.44. The number of amides is 1. The van der Waals surface area contributed by atoms with Crippen LogP contribution in [0.15, 0.2) is 54.7 Å². The van der Waals surface area contributed by atoms with Gasteiger partial charge in [-0.15, -0.1) is 0 Å². The molecule has 0 saturated carbocycles. The van der Waals surface area contributed by atoms with Gasteiger partial charge in [0, 0.05) is 49.7 Å². The van der Waals surface area contributed by atoms with Gasteiger partial charge in [0.1, 0.15) is 5.56 Å². The molecule has 5 rings (SSSR count). The molecule has 9 heteroatoms. The number of alkyl halides is 3. The highest BCUT2D eigenvalue weighted by atomic mass is 19.4. The van der Waals surface area contributed by atoms with Gasteiger partial charge in [0.05, 0.1) is 11.8 Å². The molecule has 0 unspecified atom stereocenters. The monoisotopic (exact) mass is 535 g/mol. The lowest BCUT2D eigenvalue weighted by Gasteiger charge is -2.36. The Labute approximate surface area is 226 Å². The summed E-state index contributed by atoms with van der Waals surface area (Å²) in [6.07, 6.45) is -0.565. The second-order valence-electron chi connectivity index (χ2n) is 9.97. The van der Waals surface area contributed by atoms with E-state index in [4.69, 9.17) is 4.98 Å². The quantitative estimate of drug-likeness (QED) is 0.316. The van der Waals surface area contributed by atoms with Crippen LogP contribution in [-0.2, 0) is 25.4 Å². The Balaban J connectivity index is 1.38. The summed E-state index contributed by atoms with van der Waals surface area (Å²) in [6, 6.07) is 13.8. The fraction of sp³-hybridized carbons (Fsp3) is 0.367. The molecular formula is C30H32F3N5O. The maximum absolute atomic E-state index is 13.6. The van der Waals surface area contributed by atoms with Gasteiger partial charge in [-0.2, -0.15) is 18.3 Å². The van der Waals surface area contributed by atoms with Gasteiger partial charge in [-0.3, -0.25) is 4.79 Å². The van der Waals surface area contributed by atoms with Crippen molar-refractivity contribution in [2.75, 3.05) is 31.1 Å². The Hall–Kier alpha value is -3.88. The van der Waals surface area contributed by atoms with Gasteiger partial charge in [0.25, 0.3) is 5.91 Å². The molecule has 1 aliphatic rings. The van der Waals surface area contributed by atoms with E-state index in [1.807, 2.05) is 4.90 Å². The van der Waals surface area contributed by atoms with E-state index in [-0.39, 0.29) is 5.91 Å². The Kier molecular flexibility index (Phi) is 7.34. The van der Waals surface area contributed by atoms with Crippen LogP contribution in [0.4, 0.5) is 18.9 Å². The van der Waals surface area contributed by atoms with Crippen LogP contribution in [0.1, 0.15) is 57.8 Å². The van der Waals surface area contributed by atoms with Crippen molar-refractivity contribution in [1.29, 1.82) is 0 Å². The minimum Gasteiger partial charge on any atom is -0.368 e. The molecule has 0 atom stereocenters. The lowest BCUT2D eigenvalue weighted by molar-refractivity contribution is -0.137. The molecule has 1 saturated heterocycles. The van der Waals surface area contributed by atoms with Crippen LogP contribution in [0.25, 0.3) is 5.65 Å². The third kappa shape index (κ3) is 5.35. The highest BCUT2D eigenvalue weighted by molar-refractivity contribution is 5.99. The fourth-order valence-electron chi connectivity index (χ4n) is 5.27. The summed E-state index contributed by atoms with van der Waals surface area (Å²) in [5, 5.41) is 4.58. The van der Waals surface area contributed by atoms with E-state index in [0.717, 1.165) is 42.3 Å². The lowest BCUT2D eigenvalue weighted by atomic mass is 9.98. The summed E-state index contributed by atoms with van der Waals surface area (Å²) < 4.78 is 41.3. The standard InChI is InChI=1S/C30H32F3N5O/c1-4-26-24(17-21-11-9-20(3)10-12-21)27(5-2)38-28(35-26)25(19-34-38)29(39)37-15-13-36(14-16-37)23-8-6-7-22(18-23)30(31,32)33/h6-12,18-19H,4-5,13-17H2,1-3H3. The zero-order chi connectivity index (χ0) is 27.7. The molecule has 4 aromatic rings.